The minimum Gasteiger partial charge on any atom is -0.307 e. The fourth-order valence-corrected chi connectivity index (χ4v) is 1.01. The lowest BCUT2D eigenvalue weighted by Crippen LogP contribution is -2.18. The molecule has 0 rings (SSSR count). The summed E-state index contributed by atoms with van der Waals surface area (Å²) in [5.74, 6) is 0. The van der Waals surface area contributed by atoms with Crippen molar-refractivity contribution in [1.29, 1.82) is 0 Å². The van der Waals surface area contributed by atoms with Gasteiger partial charge < -0.3 is 4.90 Å². The number of nitrogens with zero attached hydrogens (tertiary/aromatic N) is 1. The van der Waals surface area contributed by atoms with Gasteiger partial charge in [0.15, 0.2) is 0 Å². The van der Waals surface area contributed by atoms with Crippen LogP contribution in [0.2, 0.25) is 0 Å². The van der Waals surface area contributed by atoms with Crippen molar-refractivity contribution in [3.05, 3.63) is 12.7 Å². The molecule has 0 saturated heterocycles. The summed E-state index contributed by atoms with van der Waals surface area (Å²) in [6, 6.07) is 0. The van der Waals surface area contributed by atoms with Crippen LogP contribution in [-0.2, 0) is 0 Å². The van der Waals surface area contributed by atoms with Crippen LogP contribution in [0.4, 0.5) is 0 Å². The van der Waals surface area contributed by atoms with E-state index < -0.39 is 0 Å². The van der Waals surface area contributed by atoms with Crippen LogP contribution < -0.4 is 0 Å². The molecule has 11 heavy (non-hydrogen) atoms. The minimum atomic E-state index is 1.17. The Kier molecular flexibility index (Phi) is 7.59. The molecule has 0 aromatic heterocycles. The second-order valence-corrected chi connectivity index (χ2v) is 3.03. The Morgan fingerprint density at radius 1 is 1.27 bits per heavy atom. The molecule has 1 nitrogen and oxygen atoms in total. The first-order chi connectivity index (χ1) is 5.31. The van der Waals surface area contributed by atoms with Crippen LogP contribution in [0.5, 0.6) is 0 Å². The molecule has 0 aromatic rings. The third kappa shape index (κ3) is 7.60. The molecular weight excluding hydrogens is 134 g/mol. The molecular formula is C10H21N. The van der Waals surface area contributed by atoms with Crippen LogP contribution in [0.15, 0.2) is 12.7 Å². The Morgan fingerprint density at radius 2 is 2.00 bits per heavy atom. The van der Waals surface area contributed by atoms with E-state index in [9.17, 15) is 0 Å². The van der Waals surface area contributed by atoms with Gasteiger partial charge in [0, 0.05) is 0 Å². The van der Waals surface area contributed by atoms with Crippen molar-refractivity contribution < 1.29 is 0 Å². The highest BCUT2D eigenvalue weighted by molar-refractivity contribution is 4.65. The van der Waals surface area contributed by atoms with Gasteiger partial charge in [-0.1, -0.05) is 19.4 Å². The highest BCUT2D eigenvalue weighted by atomic mass is 15.1. The Morgan fingerprint density at radius 3 is 2.55 bits per heavy atom. The molecule has 0 heterocycles. The lowest BCUT2D eigenvalue weighted by molar-refractivity contribution is 0.342. The molecule has 1 heteroatoms. The summed E-state index contributed by atoms with van der Waals surface area (Å²) in [7, 11) is 2.17. The van der Waals surface area contributed by atoms with E-state index in [1.807, 2.05) is 6.08 Å². The number of allylic oxidation sites excluding steroid dienone is 1. The summed E-state index contributed by atoms with van der Waals surface area (Å²) in [5, 5.41) is 0. The van der Waals surface area contributed by atoms with E-state index >= 15 is 0 Å². The Bertz CT molecular complexity index is 88.9. The Hall–Kier alpha value is -0.300. The fourth-order valence-electron chi connectivity index (χ4n) is 1.01. The van der Waals surface area contributed by atoms with Gasteiger partial charge in [0.2, 0.25) is 0 Å². The first kappa shape index (κ1) is 10.7. The molecule has 0 atom stereocenters. The van der Waals surface area contributed by atoms with E-state index in [4.69, 9.17) is 0 Å². The van der Waals surface area contributed by atoms with Gasteiger partial charge in [-0.3, -0.25) is 0 Å². The lowest BCUT2D eigenvalue weighted by Gasteiger charge is -2.12. The summed E-state index contributed by atoms with van der Waals surface area (Å²) in [6.07, 6.45) is 7.16. The normalized spacial score (nSPS) is 10.5. The molecule has 0 fully saturated rings. The second-order valence-electron chi connectivity index (χ2n) is 3.03. The Balaban J connectivity index is 2.95. The van der Waals surface area contributed by atoms with Crippen LogP contribution in [0, 0.1) is 0 Å². The quantitative estimate of drug-likeness (QED) is 0.403. The molecule has 0 aliphatic carbocycles. The molecule has 0 bridgehead atoms. The maximum absolute atomic E-state index is 3.70. The van der Waals surface area contributed by atoms with Crippen LogP contribution in [-0.4, -0.2) is 25.0 Å². The van der Waals surface area contributed by atoms with E-state index in [1.165, 1.54) is 38.8 Å². The van der Waals surface area contributed by atoms with E-state index in [1.54, 1.807) is 0 Å². The van der Waals surface area contributed by atoms with Crippen LogP contribution >= 0.6 is 0 Å². The second kappa shape index (κ2) is 7.80. The number of hydrogen-bond donors (Lipinski definition) is 0. The van der Waals surface area contributed by atoms with E-state index in [2.05, 4.69) is 25.5 Å². The zero-order valence-electron chi connectivity index (χ0n) is 7.97. The highest BCUT2D eigenvalue weighted by Crippen LogP contribution is 2.00. The maximum atomic E-state index is 3.70. The van der Waals surface area contributed by atoms with Gasteiger partial charge in [-0.25, -0.2) is 0 Å². The third-order valence-electron chi connectivity index (χ3n) is 1.99. The molecule has 0 N–H and O–H groups in total. The minimum absolute atomic E-state index is 1.17. The van der Waals surface area contributed by atoms with Gasteiger partial charge in [-0.15, -0.1) is 6.58 Å². The average Bonchev–Trinajstić information content (AvgIpc) is 2.04. The average molecular weight is 155 g/mol. The molecule has 0 aromatic carbocycles. The van der Waals surface area contributed by atoms with Gasteiger partial charge in [-0.05, 0) is 39.4 Å². The molecule has 0 spiro atoms. The standard InChI is InChI=1S/C10H21N/c1-4-6-7-8-9-10-11(3)5-2/h4H,1,5-10H2,2-3H3. The summed E-state index contributed by atoms with van der Waals surface area (Å²) >= 11 is 0. The monoisotopic (exact) mass is 155 g/mol. The number of unbranched alkanes of at least 4 members (excludes halogenated alkanes) is 3. The molecule has 0 unspecified atom stereocenters. The molecule has 66 valence electrons. The fraction of sp³-hybridized carbons (Fsp3) is 0.800. The molecule has 0 radical (unpaired) electrons. The van der Waals surface area contributed by atoms with E-state index in [-0.39, 0.29) is 0 Å². The summed E-state index contributed by atoms with van der Waals surface area (Å²) < 4.78 is 0. The molecule has 0 saturated carbocycles. The SMILES string of the molecule is C=CCCCCCN(C)CC. The summed E-state index contributed by atoms with van der Waals surface area (Å²) in [4.78, 5) is 2.36. The lowest BCUT2D eigenvalue weighted by atomic mass is 10.2. The highest BCUT2D eigenvalue weighted by Gasteiger charge is 1.92. The van der Waals surface area contributed by atoms with Crippen LogP contribution in [0.25, 0.3) is 0 Å². The predicted molar refractivity (Wildman–Crippen MR) is 51.8 cm³/mol. The van der Waals surface area contributed by atoms with Crippen molar-refractivity contribution in [1.82, 2.24) is 4.90 Å². The largest absolute Gasteiger partial charge is 0.307 e. The van der Waals surface area contributed by atoms with Gasteiger partial charge in [0.05, 0.1) is 0 Å². The van der Waals surface area contributed by atoms with Crippen molar-refractivity contribution in [2.24, 2.45) is 0 Å². The third-order valence-corrected chi connectivity index (χ3v) is 1.99. The van der Waals surface area contributed by atoms with Crippen LogP contribution in [0.1, 0.15) is 32.6 Å². The predicted octanol–water partition coefficient (Wildman–Crippen LogP) is 2.68. The summed E-state index contributed by atoms with van der Waals surface area (Å²) in [6.45, 7) is 8.31. The van der Waals surface area contributed by atoms with Crippen molar-refractivity contribution in [3.8, 4) is 0 Å². The summed E-state index contributed by atoms with van der Waals surface area (Å²) in [5.41, 5.74) is 0. The van der Waals surface area contributed by atoms with Gasteiger partial charge >= 0.3 is 0 Å². The molecule has 0 amide bonds. The zero-order chi connectivity index (χ0) is 8.53. The Labute approximate surface area is 71.1 Å². The first-order valence-electron chi connectivity index (χ1n) is 4.60. The smallest absolute Gasteiger partial charge is 0.00219 e. The van der Waals surface area contributed by atoms with Crippen molar-refractivity contribution in [2.45, 2.75) is 32.6 Å². The number of hydrogen-bond acceptors (Lipinski definition) is 1. The zero-order valence-corrected chi connectivity index (χ0v) is 7.97. The first-order valence-corrected chi connectivity index (χ1v) is 4.60. The maximum Gasteiger partial charge on any atom is -0.00219 e. The molecule has 0 aliphatic rings. The molecule has 0 aliphatic heterocycles. The van der Waals surface area contributed by atoms with Crippen molar-refractivity contribution >= 4 is 0 Å². The van der Waals surface area contributed by atoms with Crippen LogP contribution in [0.3, 0.4) is 0 Å². The van der Waals surface area contributed by atoms with Crippen molar-refractivity contribution in [3.63, 3.8) is 0 Å². The number of rotatable bonds is 7. The van der Waals surface area contributed by atoms with Gasteiger partial charge in [-0.2, -0.15) is 0 Å². The van der Waals surface area contributed by atoms with E-state index in [0.717, 1.165) is 0 Å². The topological polar surface area (TPSA) is 3.24 Å². The van der Waals surface area contributed by atoms with Crippen molar-refractivity contribution in [2.75, 3.05) is 20.1 Å². The van der Waals surface area contributed by atoms with Gasteiger partial charge in [0.1, 0.15) is 0 Å². The van der Waals surface area contributed by atoms with Gasteiger partial charge in [0.25, 0.3) is 0 Å². The van der Waals surface area contributed by atoms with E-state index in [0.29, 0.717) is 0 Å².